The number of carboxylic acid groups (broad SMARTS) is 1. The first kappa shape index (κ1) is 12.2. The van der Waals surface area contributed by atoms with Gasteiger partial charge in [-0.15, -0.1) is 0 Å². The first-order valence-electron chi connectivity index (χ1n) is 5.63. The van der Waals surface area contributed by atoms with Gasteiger partial charge in [-0.1, -0.05) is 0 Å². The Morgan fingerprint density at radius 1 is 1.50 bits per heavy atom. The molecule has 2 rings (SSSR count). The minimum absolute atomic E-state index is 0.239. The van der Waals surface area contributed by atoms with Crippen molar-refractivity contribution in [2.45, 2.75) is 13.3 Å². The van der Waals surface area contributed by atoms with E-state index >= 15 is 0 Å². The standard InChI is InChI=1S/C13H14N2O3/c1-9-7-10(13(16)17)8-12(15-9)14-5-4-11-3-2-6-18-11/h2-3,6-8H,4-5H2,1H3,(H,14,15)(H,16,17). The van der Waals surface area contributed by atoms with Crippen LogP contribution in [0.4, 0.5) is 5.82 Å². The van der Waals surface area contributed by atoms with Crippen LogP contribution in [0.5, 0.6) is 0 Å². The number of furan rings is 1. The number of anilines is 1. The predicted octanol–water partition coefficient (Wildman–Crippen LogP) is 2.34. The van der Waals surface area contributed by atoms with Crippen molar-refractivity contribution in [2.24, 2.45) is 0 Å². The number of aromatic carboxylic acids is 1. The van der Waals surface area contributed by atoms with E-state index in [1.807, 2.05) is 12.1 Å². The Morgan fingerprint density at radius 2 is 2.33 bits per heavy atom. The van der Waals surface area contributed by atoms with Crippen molar-refractivity contribution in [3.05, 3.63) is 47.5 Å². The van der Waals surface area contributed by atoms with Gasteiger partial charge in [0.25, 0.3) is 0 Å². The minimum Gasteiger partial charge on any atom is -0.478 e. The largest absolute Gasteiger partial charge is 0.478 e. The van der Waals surface area contributed by atoms with Gasteiger partial charge in [-0.2, -0.15) is 0 Å². The van der Waals surface area contributed by atoms with Crippen LogP contribution in [0.15, 0.2) is 34.9 Å². The molecule has 0 amide bonds. The lowest BCUT2D eigenvalue weighted by Crippen LogP contribution is -2.08. The summed E-state index contributed by atoms with van der Waals surface area (Å²) in [6.07, 6.45) is 2.35. The molecule has 2 aromatic heterocycles. The molecule has 0 bridgehead atoms. The fourth-order valence-electron chi connectivity index (χ4n) is 1.65. The third-order valence-corrected chi connectivity index (χ3v) is 2.46. The summed E-state index contributed by atoms with van der Waals surface area (Å²) < 4.78 is 5.20. The lowest BCUT2D eigenvalue weighted by molar-refractivity contribution is 0.0696. The Labute approximate surface area is 104 Å². The lowest BCUT2D eigenvalue weighted by atomic mass is 10.2. The summed E-state index contributed by atoms with van der Waals surface area (Å²) in [5, 5.41) is 12.0. The van der Waals surface area contributed by atoms with E-state index < -0.39 is 5.97 Å². The van der Waals surface area contributed by atoms with E-state index in [2.05, 4.69) is 10.3 Å². The second kappa shape index (κ2) is 5.35. The van der Waals surface area contributed by atoms with Crippen molar-refractivity contribution < 1.29 is 14.3 Å². The van der Waals surface area contributed by atoms with E-state index in [4.69, 9.17) is 9.52 Å². The van der Waals surface area contributed by atoms with Gasteiger partial charge < -0.3 is 14.8 Å². The second-order valence-electron chi connectivity index (χ2n) is 3.94. The maximum absolute atomic E-state index is 10.9. The van der Waals surface area contributed by atoms with Crippen LogP contribution < -0.4 is 5.32 Å². The number of rotatable bonds is 5. The first-order valence-corrected chi connectivity index (χ1v) is 5.63. The number of aryl methyl sites for hydroxylation is 1. The quantitative estimate of drug-likeness (QED) is 0.846. The van der Waals surface area contributed by atoms with Crippen molar-refractivity contribution in [1.29, 1.82) is 0 Å². The van der Waals surface area contributed by atoms with Gasteiger partial charge in [0.1, 0.15) is 11.6 Å². The molecule has 0 aliphatic carbocycles. The number of hydrogen-bond donors (Lipinski definition) is 2. The van der Waals surface area contributed by atoms with Crippen LogP contribution in [0, 0.1) is 6.92 Å². The molecule has 94 valence electrons. The molecule has 5 nitrogen and oxygen atoms in total. The summed E-state index contributed by atoms with van der Waals surface area (Å²) in [4.78, 5) is 15.1. The molecule has 2 N–H and O–H groups in total. The van der Waals surface area contributed by atoms with Crippen LogP contribution in [-0.4, -0.2) is 22.6 Å². The van der Waals surface area contributed by atoms with E-state index in [1.54, 1.807) is 19.3 Å². The molecule has 5 heteroatoms. The third kappa shape index (κ3) is 3.10. The third-order valence-electron chi connectivity index (χ3n) is 2.46. The Hall–Kier alpha value is -2.30. The van der Waals surface area contributed by atoms with E-state index in [9.17, 15) is 4.79 Å². The van der Waals surface area contributed by atoms with Gasteiger partial charge in [-0.05, 0) is 31.2 Å². The first-order chi connectivity index (χ1) is 8.65. The number of nitrogens with one attached hydrogen (secondary N) is 1. The minimum atomic E-state index is -0.949. The zero-order chi connectivity index (χ0) is 13.0. The molecule has 0 aromatic carbocycles. The summed E-state index contributed by atoms with van der Waals surface area (Å²) in [5.41, 5.74) is 0.915. The molecule has 18 heavy (non-hydrogen) atoms. The van der Waals surface area contributed by atoms with Crippen LogP contribution in [0.2, 0.25) is 0 Å². The number of carboxylic acids is 1. The number of pyridine rings is 1. The van der Waals surface area contributed by atoms with E-state index in [-0.39, 0.29) is 5.56 Å². The summed E-state index contributed by atoms with van der Waals surface area (Å²) in [6.45, 7) is 2.41. The monoisotopic (exact) mass is 246 g/mol. The zero-order valence-corrected chi connectivity index (χ0v) is 10.0. The highest BCUT2D eigenvalue weighted by molar-refractivity contribution is 5.88. The molecule has 0 unspecified atom stereocenters. The highest BCUT2D eigenvalue weighted by atomic mass is 16.4. The molecular weight excluding hydrogens is 232 g/mol. The molecular formula is C13H14N2O3. The Kier molecular flexibility index (Phi) is 3.62. The second-order valence-corrected chi connectivity index (χ2v) is 3.94. The molecule has 0 radical (unpaired) electrons. The number of hydrogen-bond acceptors (Lipinski definition) is 4. The smallest absolute Gasteiger partial charge is 0.335 e. The van der Waals surface area contributed by atoms with Gasteiger partial charge in [0.2, 0.25) is 0 Å². The number of carbonyl (C=O) groups is 1. The fourth-order valence-corrected chi connectivity index (χ4v) is 1.65. The molecule has 0 aliphatic rings. The summed E-state index contributed by atoms with van der Waals surface area (Å²) in [7, 11) is 0. The normalized spacial score (nSPS) is 10.3. The highest BCUT2D eigenvalue weighted by Crippen LogP contribution is 2.10. The van der Waals surface area contributed by atoms with E-state index in [0.717, 1.165) is 12.2 Å². The average Bonchev–Trinajstić information content (AvgIpc) is 2.81. The van der Waals surface area contributed by atoms with Crippen LogP contribution in [0.1, 0.15) is 21.8 Å². The fraction of sp³-hybridized carbons (Fsp3) is 0.231. The Morgan fingerprint density at radius 3 is 3.00 bits per heavy atom. The molecule has 0 saturated heterocycles. The molecule has 2 heterocycles. The van der Waals surface area contributed by atoms with Crippen LogP contribution in [-0.2, 0) is 6.42 Å². The summed E-state index contributed by atoms with van der Waals surface area (Å²) in [5.74, 6) is 0.502. The van der Waals surface area contributed by atoms with Gasteiger partial charge >= 0.3 is 5.97 Å². The van der Waals surface area contributed by atoms with Crippen molar-refractivity contribution in [1.82, 2.24) is 4.98 Å². The predicted molar refractivity (Wildman–Crippen MR) is 66.8 cm³/mol. The lowest BCUT2D eigenvalue weighted by Gasteiger charge is -2.06. The maximum atomic E-state index is 10.9. The van der Waals surface area contributed by atoms with E-state index in [1.165, 1.54) is 6.07 Å². The van der Waals surface area contributed by atoms with Crippen LogP contribution >= 0.6 is 0 Å². The summed E-state index contributed by atoms with van der Waals surface area (Å²) in [6, 6.07) is 6.80. The van der Waals surface area contributed by atoms with Gasteiger partial charge in [0, 0.05) is 18.7 Å². The van der Waals surface area contributed by atoms with Gasteiger partial charge in [-0.3, -0.25) is 0 Å². The average molecular weight is 246 g/mol. The van der Waals surface area contributed by atoms with Crippen molar-refractivity contribution in [3.8, 4) is 0 Å². The van der Waals surface area contributed by atoms with Crippen molar-refractivity contribution in [2.75, 3.05) is 11.9 Å². The highest BCUT2D eigenvalue weighted by Gasteiger charge is 2.06. The van der Waals surface area contributed by atoms with Crippen molar-refractivity contribution >= 4 is 11.8 Å². The molecule has 0 atom stereocenters. The van der Waals surface area contributed by atoms with Gasteiger partial charge in [0.15, 0.2) is 0 Å². The van der Waals surface area contributed by atoms with Crippen LogP contribution in [0.25, 0.3) is 0 Å². The molecule has 0 spiro atoms. The number of aromatic nitrogens is 1. The SMILES string of the molecule is Cc1cc(C(=O)O)cc(NCCc2ccco2)n1. The Bertz CT molecular complexity index is 535. The molecule has 0 fully saturated rings. The molecule has 2 aromatic rings. The molecule has 0 saturated carbocycles. The summed E-state index contributed by atoms with van der Waals surface area (Å²) >= 11 is 0. The zero-order valence-electron chi connectivity index (χ0n) is 10.0. The van der Waals surface area contributed by atoms with Crippen molar-refractivity contribution in [3.63, 3.8) is 0 Å². The van der Waals surface area contributed by atoms with Crippen LogP contribution in [0.3, 0.4) is 0 Å². The number of nitrogens with zero attached hydrogens (tertiary/aromatic N) is 1. The topological polar surface area (TPSA) is 75.4 Å². The van der Waals surface area contributed by atoms with Gasteiger partial charge in [-0.25, -0.2) is 9.78 Å². The van der Waals surface area contributed by atoms with Gasteiger partial charge in [0.05, 0.1) is 11.8 Å². The molecule has 0 aliphatic heterocycles. The Balaban J connectivity index is 1.98. The maximum Gasteiger partial charge on any atom is 0.335 e. The van der Waals surface area contributed by atoms with E-state index in [0.29, 0.717) is 18.1 Å².